The van der Waals surface area contributed by atoms with Crippen LogP contribution in [0.2, 0.25) is 36.3 Å². The van der Waals surface area contributed by atoms with E-state index >= 15 is 0 Å². The molecule has 292 valence electrons. The van der Waals surface area contributed by atoms with Crippen LogP contribution >= 0.6 is 0 Å². The maximum Gasteiger partial charge on any atom is 0.192 e. The molecular formula is C44H78O5Si2. The number of hydrogen-bond acceptors (Lipinski definition) is 5. The van der Waals surface area contributed by atoms with Gasteiger partial charge in [0.1, 0.15) is 0 Å². The Balaban J connectivity index is 1.29. The van der Waals surface area contributed by atoms with Gasteiger partial charge in [0, 0.05) is 11.8 Å². The second kappa shape index (κ2) is 14.8. The second-order valence-electron chi connectivity index (χ2n) is 21.1. The number of aliphatic hydroxyl groups is 1. The molecule has 5 rings (SSSR count). The summed E-state index contributed by atoms with van der Waals surface area (Å²) in [6, 6.07) is 0. The summed E-state index contributed by atoms with van der Waals surface area (Å²) in [4.78, 5) is 0. The van der Waals surface area contributed by atoms with Gasteiger partial charge in [0.25, 0.3) is 0 Å². The van der Waals surface area contributed by atoms with Crippen molar-refractivity contribution < 1.29 is 23.4 Å². The number of allylic oxidation sites excluding steroid dienone is 3. The summed E-state index contributed by atoms with van der Waals surface area (Å²) in [5, 5.41) is 11.9. The fourth-order valence-corrected chi connectivity index (χ4v) is 12.7. The van der Waals surface area contributed by atoms with Crippen LogP contribution in [0.4, 0.5) is 0 Å². The molecule has 4 aliphatic carbocycles. The lowest BCUT2D eigenvalue weighted by Gasteiger charge is -2.46. The number of rotatable bonds is 12. The Kier molecular flexibility index (Phi) is 12.1. The highest BCUT2D eigenvalue weighted by Crippen LogP contribution is 2.62. The maximum atomic E-state index is 11.6. The highest BCUT2D eigenvalue weighted by Gasteiger charge is 2.60. The summed E-state index contributed by atoms with van der Waals surface area (Å²) in [5.74, 6) is 1.03. The third kappa shape index (κ3) is 8.50. The van der Waals surface area contributed by atoms with E-state index in [1.807, 2.05) is 0 Å². The van der Waals surface area contributed by atoms with Gasteiger partial charge in [-0.05, 0) is 142 Å². The lowest BCUT2D eigenvalue weighted by atomic mass is 9.60. The fraction of sp³-hybridized carbons (Fsp3) is 0.864. The zero-order valence-electron chi connectivity index (χ0n) is 35.3. The van der Waals surface area contributed by atoms with Crippen LogP contribution in [0.5, 0.6) is 0 Å². The van der Waals surface area contributed by atoms with Crippen LogP contribution in [0.15, 0.2) is 35.5 Å². The van der Waals surface area contributed by atoms with Crippen LogP contribution in [-0.4, -0.2) is 59.1 Å². The van der Waals surface area contributed by atoms with E-state index in [4.69, 9.17) is 24.9 Å². The third-order valence-corrected chi connectivity index (χ3v) is 24.8. The van der Waals surface area contributed by atoms with Crippen molar-refractivity contribution in [1.82, 2.24) is 0 Å². The highest BCUT2D eigenvalue weighted by molar-refractivity contribution is 6.74. The quantitative estimate of drug-likeness (QED) is 0.202. The minimum atomic E-state index is -2.00. The van der Waals surface area contributed by atoms with Crippen molar-refractivity contribution in [1.29, 1.82) is 0 Å². The Labute approximate surface area is 316 Å². The van der Waals surface area contributed by atoms with Crippen molar-refractivity contribution in [3.63, 3.8) is 0 Å². The summed E-state index contributed by atoms with van der Waals surface area (Å²) in [6.07, 6.45) is 18.1. The average Bonchev–Trinajstić information content (AvgIpc) is 3.54. The molecule has 1 heterocycles. The Bertz CT molecular complexity index is 1310. The van der Waals surface area contributed by atoms with Crippen molar-refractivity contribution in [2.24, 2.45) is 28.6 Å². The van der Waals surface area contributed by atoms with E-state index in [1.54, 1.807) is 5.57 Å². The van der Waals surface area contributed by atoms with Crippen LogP contribution in [0.1, 0.15) is 139 Å². The standard InChI is InChI=1S/C44H78O5Si2/c1-31-34(29-35(48-50(11,12)40(3,4)5)30-39(31)49-51(13,14)41(6,7)8)20-19-33-17-15-23-42(9)36(21-22-37(33)42)32(2)38(45)18-16-24-44(25-26-44)43(10)46-27-28-47-43/h19-20,32,35-39,45H,1,15-18,21-30H2,2-14H3/b33-19+,34-20-/t32-,35+,36+,37-,38-,39-,42+/m0/s1. The van der Waals surface area contributed by atoms with E-state index in [2.05, 4.69) is 101 Å². The predicted octanol–water partition coefficient (Wildman–Crippen LogP) is 11.9. The van der Waals surface area contributed by atoms with Crippen molar-refractivity contribution in [3.8, 4) is 0 Å². The monoisotopic (exact) mass is 743 g/mol. The van der Waals surface area contributed by atoms with Gasteiger partial charge in [-0.2, -0.15) is 0 Å². The first-order valence-corrected chi connectivity index (χ1v) is 26.7. The molecule has 0 radical (unpaired) electrons. The Morgan fingerprint density at radius 1 is 0.922 bits per heavy atom. The van der Waals surface area contributed by atoms with Gasteiger partial charge in [0.2, 0.25) is 0 Å². The molecule has 7 heteroatoms. The summed E-state index contributed by atoms with van der Waals surface area (Å²) in [7, 11) is -3.96. The van der Waals surface area contributed by atoms with Gasteiger partial charge in [-0.25, -0.2) is 0 Å². The van der Waals surface area contributed by atoms with Gasteiger partial charge >= 0.3 is 0 Å². The Morgan fingerprint density at radius 2 is 1.53 bits per heavy atom. The van der Waals surface area contributed by atoms with Gasteiger partial charge in [-0.1, -0.05) is 86.1 Å². The first-order chi connectivity index (χ1) is 23.5. The van der Waals surface area contributed by atoms with Gasteiger partial charge in [0.15, 0.2) is 22.4 Å². The summed E-state index contributed by atoms with van der Waals surface area (Å²) < 4.78 is 26.4. The van der Waals surface area contributed by atoms with Crippen molar-refractivity contribution in [2.75, 3.05) is 13.2 Å². The molecule has 5 nitrogen and oxygen atoms in total. The largest absolute Gasteiger partial charge is 0.413 e. The minimum absolute atomic E-state index is 0.00440. The van der Waals surface area contributed by atoms with Crippen LogP contribution in [-0.2, 0) is 18.3 Å². The first-order valence-electron chi connectivity index (χ1n) is 20.9. The average molecular weight is 743 g/mol. The van der Waals surface area contributed by atoms with E-state index in [0.29, 0.717) is 31.0 Å². The summed E-state index contributed by atoms with van der Waals surface area (Å²) in [5.41, 5.74) is 4.50. The molecule has 1 aliphatic heterocycles. The summed E-state index contributed by atoms with van der Waals surface area (Å²) >= 11 is 0. The van der Waals surface area contributed by atoms with E-state index in [9.17, 15) is 5.11 Å². The lowest BCUT2D eigenvalue weighted by Crippen LogP contribution is -2.49. The van der Waals surface area contributed by atoms with Crippen molar-refractivity contribution >= 4 is 16.6 Å². The van der Waals surface area contributed by atoms with E-state index in [0.717, 1.165) is 32.1 Å². The van der Waals surface area contributed by atoms with E-state index in [1.165, 1.54) is 56.1 Å². The van der Waals surface area contributed by atoms with Crippen LogP contribution < -0.4 is 0 Å². The molecule has 0 bridgehead atoms. The predicted molar refractivity (Wildman–Crippen MR) is 218 cm³/mol. The molecule has 0 spiro atoms. The molecule has 7 atom stereocenters. The normalized spacial score (nSPS) is 34.2. The second-order valence-corrected chi connectivity index (χ2v) is 30.6. The molecule has 4 saturated carbocycles. The third-order valence-electron chi connectivity index (χ3n) is 15.8. The zero-order chi connectivity index (χ0) is 37.8. The molecule has 0 amide bonds. The van der Waals surface area contributed by atoms with Gasteiger partial charge in [0.05, 0.1) is 31.5 Å². The molecule has 5 fully saturated rings. The molecule has 51 heavy (non-hydrogen) atoms. The highest BCUT2D eigenvalue weighted by atomic mass is 28.4. The fourth-order valence-electron chi connectivity index (χ4n) is 9.99. The zero-order valence-corrected chi connectivity index (χ0v) is 37.3. The minimum Gasteiger partial charge on any atom is -0.413 e. The SMILES string of the molecule is C=C1/C(=C\C=C2/CCC[C@]3(C)[C@@H]([C@H](C)[C@@H](O)CCCC4(C5(C)OCCO5)CC4)CC[C@@H]23)C[C@@H](O[Si](C)(C)C(C)(C)C)C[C@@H]1O[Si](C)(C)C(C)(C)C. The molecule has 1 saturated heterocycles. The van der Waals surface area contributed by atoms with Gasteiger partial charge in [-0.15, -0.1) is 0 Å². The number of hydrogen-bond donors (Lipinski definition) is 1. The van der Waals surface area contributed by atoms with Crippen molar-refractivity contribution in [2.45, 2.75) is 200 Å². The molecule has 0 aromatic rings. The van der Waals surface area contributed by atoms with Crippen molar-refractivity contribution in [3.05, 3.63) is 35.5 Å². The molecule has 0 aromatic heterocycles. The van der Waals surface area contributed by atoms with Crippen LogP contribution in [0.25, 0.3) is 0 Å². The Morgan fingerprint density at radius 3 is 2.12 bits per heavy atom. The van der Waals surface area contributed by atoms with E-state index < -0.39 is 22.4 Å². The topological polar surface area (TPSA) is 57.2 Å². The molecule has 5 aliphatic rings. The van der Waals surface area contributed by atoms with Crippen LogP contribution in [0.3, 0.4) is 0 Å². The van der Waals surface area contributed by atoms with E-state index in [-0.39, 0.29) is 39.2 Å². The summed E-state index contributed by atoms with van der Waals surface area (Å²) in [6.45, 7) is 36.7. The first kappa shape index (κ1) is 41.6. The van der Waals surface area contributed by atoms with Gasteiger partial charge in [-0.3, -0.25) is 0 Å². The van der Waals surface area contributed by atoms with Crippen LogP contribution in [0, 0.1) is 28.6 Å². The molecule has 0 unspecified atom stereocenters. The number of ether oxygens (including phenoxy) is 2. The lowest BCUT2D eigenvalue weighted by molar-refractivity contribution is -0.194. The molecule has 0 aromatic carbocycles. The molecule has 1 N–H and O–H groups in total. The number of fused-ring (bicyclic) bond motifs is 1. The van der Waals surface area contributed by atoms with Gasteiger partial charge < -0.3 is 23.4 Å². The maximum absolute atomic E-state index is 11.6. The molecular weight excluding hydrogens is 665 g/mol. The number of aliphatic hydroxyl groups excluding tert-OH is 1. The smallest absolute Gasteiger partial charge is 0.192 e. The Hall–Kier alpha value is -0.546.